The standard InChI is InChI=1S/C23H20N2O3/c1-16-7-10-19(11-8-16)28-15-22-24-20-13-18(23(26)27)9-12-21(20)25(22)14-17-5-3-2-4-6-17/h2-13H,14-15H2,1H3,(H,26,27). The van der Waals surface area contributed by atoms with Gasteiger partial charge in [0.1, 0.15) is 18.2 Å². The van der Waals surface area contributed by atoms with Crippen LogP contribution in [-0.4, -0.2) is 20.6 Å². The molecule has 0 saturated heterocycles. The summed E-state index contributed by atoms with van der Waals surface area (Å²) in [5.41, 5.74) is 4.07. The maximum atomic E-state index is 11.3. The Bertz CT molecular complexity index is 1120. The van der Waals surface area contributed by atoms with Crippen molar-refractivity contribution in [1.82, 2.24) is 9.55 Å². The number of hydrogen-bond donors (Lipinski definition) is 1. The summed E-state index contributed by atoms with van der Waals surface area (Å²) in [6, 6.07) is 23.0. The molecule has 28 heavy (non-hydrogen) atoms. The van der Waals surface area contributed by atoms with Crippen molar-refractivity contribution in [3.8, 4) is 5.75 Å². The second kappa shape index (κ2) is 7.56. The predicted molar refractivity (Wildman–Crippen MR) is 108 cm³/mol. The van der Waals surface area contributed by atoms with Crippen LogP contribution in [0.15, 0.2) is 72.8 Å². The summed E-state index contributed by atoms with van der Waals surface area (Å²) in [6.07, 6.45) is 0. The van der Waals surface area contributed by atoms with E-state index in [2.05, 4.69) is 21.7 Å². The molecule has 0 radical (unpaired) electrons. The van der Waals surface area contributed by atoms with Crippen LogP contribution >= 0.6 is 0 Å². The second-order valence-corrected chi connectivity index (χ2v) is 6.71. The van der Waals surface area contributed by atoms with Gasteiger partial charge in [0, 0.05) is 6.54 Å². The molecule has 5 heteroatoms. The Morgan fingerprint density at radius 1 is 1.04 bits per heavy atom. The highest BCUT2D eigenvalue weighted by molar-refractivity contribution is 5.92. The number of nitrogens with zero attached hydrogens (tertiary/aromatic N) is 2. The monoisotopic (exact) mass is 372 g/mol. The summed E-state index contributed by atoms with van der Waals surface area (Å²) in [6.45, 7) is 2.96. The van der Waals surface area contributed by atoms with E-state index in [-0.39, 0.29) is 5.56 Å². The quantitative estimate of drug-likeness (QED) is 0.534. The first-order chi connectivity index (χ1) is 13.6. The largest absolute Gasteiger partial charge is 0.486 e. The molecule has 0 atom stereocenters. The zero-order valence-electron chi connectivity index (χ0n) is 15.5. The van der Waals surface area contributed by atoms with Crippen molar-refractivity contribution < 1.29 is 14.6 Å². The maximum absolute atomic E-state index is 11.3. The molecule has 0 aliphatic rings. The second-order valence-electron chi connectivity index (χ2n) is 6.71. The van der Waals surface area contributed by atoms with Crippen LogP contribution in [0, 0.1) is 6.92 Å². The number of benzene rings is 3. The minimum Gasteiger partial charge on any atom is -0.486 e. The number of aromatic nitrogens is 2. The maximum Gasteiger partial charge on any atom is 0.335 e. The van der Waals surface area contributed by atoms with Crippen LogP contribution in [0.3, 0.4) is 0 Å². The normalized spacial score (nSPS) is 10.9. The summed E-state index contributed by atoms with van der Waals surface area (Å²) < 4.78 is 8.01. The van der Waals surface area contributed by atoms with Crippen molar-refractivity contribution in [3.05, 3.63) is 95.3 Å². The van der Waals surface area contributed by atoms with Crippen LogP contribution in [0.4, 0.5) is 0 Å². The number of hydrogen-bond acceptors (Lipinski definition) is 3. The summed E-state index contributed by atoms with van der Waals surface area (Å²) in [7, 11) is 0. The average molecular weight is 372 g/mol. The van der Waals surface area contributed by atoms with E-state index in [0.29, 0.717) is 18.7 Å². The highest BCUT2D eigenvalue weighted by Gasteiger charge is 2.14. The van der Waals surface area contributed by atoms with E-state index >= 15 is 0 Å². The van der Waals surface area contributed by atoms with Crippen molar-refractivity contribution in [3.63, 3.8) is 0 Å². The van der Waals surface area contributed by atoms with Crippen molar-refractivity contribution in [1.29, 1.82) is 0 Å². The lowest BCUT2D eigenvalue weighted by atomic mass is 10.2. The number of rotatable bonds is 6. The molecule has 4 aromatic rings. The summed E-state index contributed by atoms with van der Waals surface area (Å²) in [4.78, 5) is 16.0. The molecule has 0 fully saturated rings. The first kappa shape index (κ1) is 17.8. The number of aromatic carboxylic acids is 1. The van der Waals surface area contributed by atoms with Gasteiger partial charge in [-0.1, -0.05) is 48.0 Å². The molecule has 1 aromatic heterocycles. The van der Waals surface area contributed by atoms with E-state index < -0.39 is 5.97 Å². The first-order valence-electron chi connectivity index (χ1n) is 9.06. The van der Waals surface area contributed by atoms with Crippen LogP contribution in [0.25, 0.3) is 11.0 Å². The summed E-state index contributed by atoms with van der Waals surface area (Å²) in [5, 5.41) is 9.27. The van der Waals surface area contributed by atoms with Crippen molar-refractivity contribution in [2.45, 2.75) is 20.1 Å². The predicted octanol–water partition coefficient (Wildman–Crippen LogP) is 4.67. The topological polar surface area (TPSA) is 64.3 Å². The van der Waals surface area contributed by atoms with Gasteiger partial charge in [0.05, 0.1) is 16.6 Å². The molecule has 4 rings (SSSR count). The Morgan fingerprint density at radius 2 is 1.79 bits per heavy atom. The molecular weight excluding hydrogens is 352 g/mol. The van der Waals surface area contributed by atoms with Gasteiger partial charge in [0.25, 0.3) is 0 Å². The smallest absolute Gasteiger partial charge is 0.335 e. The van der Waals surface area contributed by atoms with Crippen LogP contribution in [0.2, 0.25) is 0 Å². The van der Waals surface area contributed by atoms with Gasteiger partial charge in [0.15, 0.2) is 0 Å². The number of carboxylic acids is 1. The highest BCUT2D eigenvalue weighted by atomic mass is 16.5. The lowest BCUT2D eigenvalue weighted by Crippen LogP contribution is -2.08. The Morgan fingerprint density at radius 3 is 2.50 bits per heavy atom. The third-order valence-corrected chi connectivity index (χ3v) is 4.65. The fraction of sp³-hybridized carbons (Fsp3) is 0.130. The summed E-state index contributed by atoms with van der Waals surface area (Å²) in [5.74, 6) is 0.564. The zero-order valence-corrected chi connectivity index (χ0v) is 15.5. The molecule has 0 aliphatic carbocycles. The highest BCUT2D eigenvalue weighted by Crippen LogP contribution is 2.22. The van der Waals surface area contributed by atoms with E-state index in [0.717, 1.165) is 22.7 Å². The van der Waals surface area contributed by atoms with Crippen LogP contribution < -0.4 is 4.74 Å². The lowest BCUT2D eigenvalue weighted by Gasteiger charge is -2.11. The molecule has 1 N–H and O–H groups in total. The molecule has 0 unspecified atom stereocenters. The van der Waals surface area contributed by atoms with Gasteiger partial charge >= 0.3 is 5.97 Å². The Balaban J connectivity index is 1.70. The fourth-order valence-electron chi connectivity index (χ4n) is 3.15. The minimum absolute atomic E-state index is 0.225. The molecule has 0 spiro atoms. The molecule has 0 saturated carbocycles. The minimum atomic E-state index is -0.961. The van der Waals surface area contributed by atoms with Crippen molar-refractivity contribution in [2.24, 2.45) is 0 Å². The van der Waals surface area contributed by atoms with E-state index in [1.165, 1.54) is 5.56 Å². The first-order valence-corrected chi connectivity index (χ1v) is 9.06. The molecule has 1 heterocycles. The van der Waals surface area contributed by atoms with Crippen LogP contribution in [0.5, 0.6) is 5.75 Å². The molecule has 3 aromatic carbocycles. The van der Waals surface area contributed by atoms with Gasteiger partial charge in [-0.2, -0.15) is 0 Å². The average Bonchev–Trinajstić information content (AvgIpc) is 3.05. The van der Waals surface area contributed by atoms with E-state index in [9.17, 15) is 9.90 Å². The Labute approximate surface area is 162 Å². The third kappa shape index (κ3) is 3.74. The van der Waals surface area contributed by atoms with Crippen LogP contribution in [0.1, 0.15) is 27.3 Å². The number of ether oxygens (including phenoxy) is 1. The molecule has 0 amide bonds. The number of fused-ring (bicyclic) bond motifs is 1. The number of carbonyl (C=O) groups is 1. The number of aryl methyl sites for hydroxylation is 1. The van der Waals surface area contributed by atoms with Gasteiger partial charge in [-0.25, -0.2) is 9.78 Å². The third-order valence-electron chi connectivity index (χ3n) is 4.65. The Hall–Kier alpha value is -3.60. The van der Waals surface area contributed by atoms with Crippen molar-refractivity contribution in [2.75, 3.05) is 0 Å². The van der Waals surface area contributed by atoms with Gasteiger partial charge in [-0.3, -0.25) is 0 Å². The van der Waals surface area contributed by atoms with Gasteiger partial charge < -0.3 is 14.4 Å². The van der Waals surface area contributed by atoms with E-state index in [1.807, 2.05) is 55.5 Å². The molecular formula is C23H20N2O3. The van der Waals surface area contributed by atoms with Gasteiger partial charge in [-0.15, -0.1) is 0 Å². The summed E-state index contributed by atoms with van der Waals surface area (Å²) >= 11 is 0. The zero-order chi connectivity index (χ0) is 19.5. The van der Waals surface area contributed by atoms with Crippen LogP contribution in [-0.2, 0) is 13.2 Å². The molecule has 0 aliphatic heterocycles. The molecule has 0 bridgehead atoms. The lowest BCUT2D eigenvalue weighted by molar-refractivity contribution is 0.0697. The fourth-order valence-corrected chi connectivity index (χ4v) is 3.15. The van der Waals surface area contributed by atoms with E-state index in [1.54, 1.807) is 12.1 Å². The van der Waals surface area contributed by atoms with Gasteiger partial charge in [-0.05, 0) is 42.8 Å². The number of imidazole rings is 1. The van der Waals surface area contributed by atoms with Gasteiger partial charge in [0.2, 0.25) is 0 Å². The molecule has 140 valence electrons. The Kier molecular flexibility index (Phi) is 4.81. The SMILES string of the molecule is Cc1ccc(OCc2nc3cc(C(=O)O)ccc3n2Cc2ccccc2)cc1. The van der Waals surface area contributed by atoms with Crippen molar-refractivity contribution >= 4 is 17.0 Å². The van der Waals surface area contributed by atoms with E-state index in [4.69, 9.17) is 4.74 Å². The number of carboxylic acid groups (broad SMARTS) is 1. The molecule has 5 nitrogen and oxygen atoms in total.